The lowest BCUT2D eigenvalue weighted by atomic mass is 10.1. The van der Waals surface area contributed by atoms with Crippen molar-refractivity contribution in [3.05, 3.63) is 28.2 Å². The fourth-order valence-electron chi connectivity index (χ4n) is 1.27. The molecule has 2 rings (SSSR count). The number of benzene rings is 1. The lowest BCUT2D eigenvalue weighted by molar-refractivity contribution is 0.199. The minimum Gasteiger partial charge on any atom is -0.389 e. The van der Waals surface area contributed by atoms with Crippen LogP contribution in [0.2, 0.25) is 0 Å². The molecule has 0 fully saturated rings. The Balaban J connectivity index is 2.19. The van der Waals surface area contributed by atoms with Gasteiger partial charge in [-0.15, -0.1) is 10.2 Å². The van der Waals surface area contributed by atoms with Crippen LogP contribution in [0.25, 0.3) is 0 Å². The van der Waals surface area contributed by atoms with Gasteiger partial charge in [0, 0.05) is 9.37 Å². The summed E-state index contributed by atoms with van der Waals surface area (Å²) >= 11 is 8.27. The number of aromatic nitrogens is 2. The molecule has 1 atom stereocenters. The molecule has 1 aromatic carbocycles. The molecule has 0 radical (unpaired) electrons. The Hall–Kier alpha value is -0.0800. The minimum absolute atomic E-state index is 0.454. The maximum atomic E-state index is 9.51. The molecule has 0 spiro atoms. The van der Waals surface area contributed by atoms with E-state index in [1.54, 1.807) is 41.8 Å². The minimum atomic E-state index is -0.454. The fourth-order valence-corrected chi connectivity index (χ4v) is 4.31. The summed E-state index contributed by atoms with van der Waals surface area (Å²) in [6, 6.07) is 5.84. The molecule has 0 amide bonds. The summed E-state index contributed by atoms with van der Waals surface area (Å²) in [5.74, 6) is 0. The van der Waals surface area contributed by atoms with Crippen LogP contribution < -0.4 is 0 Å². The van der Waals surface area contributed by atoms with E-state index in [4.69, 9.17) is 0 Å². The first-order valence-electron chi connectivity index (χ1n) is 5.13. The first-order valence-corrected chi connectivity index (χ1v) is 8.78. The van der Waals surface area contributed by atoms with Crippen LogP contribution in [-0.2, 0) is 0 Å². The molecule has 18 heavy (non-hydrogen) atoms. The molecule has 0 saturated heterocycles. The highest BCUT2D eigenvalue weighted by Crippen LogP contribution is 2.37. The van der Waals surface area contributed by atoms with Crippen molar-refractivity contribution < 1.29 is 5.11 Å². The fraction of sp³-hybridized carbons (Fsp3) is 0.273. The number of thioether (sulfide) groups is 1. The van der Waals surface area contributed by atoms with Crippen molar-refractivity contribution >= 4 is 50.8 Å². The second-order valence-electron chi connectivity index (χ2n) is 3.51. The number of rotatable bonds is 4. The van der Waals surface area contributed by atoms with E-state index in [-0.39, 0.29) is 0 Å². The highest BCUT2D eigenvalue weighted by atomic mass is 79.9. The molecule has 0 aliphatic heterocycles. The Labute approximate surface area is 127 Å². The van der Waals surface area contributed by atoms with Crippen LogP contribution in [0, 0.1) is 0 Å². The zero-order chi connectivity index (χ0) is 13.1. The average molecular weight is 363 g/mol. The molecule has 1 aromatic heterocycles. The molecular formula is C11H11BrN2OS3. The van der Waals surface area contributed by atoms with Crippen LogP contribution in [0.5, 0.6) is 0 Å². The summed E-state index contributed by atoms with van der Waals surface area (Å²) in [5.41, 5.74) is 0.897. The Morgan fingerprint density at radius 2 is 2.06 bits per heavy atom. The van der Waals surface area contributed by atoms with Crippen LogP contribution in [0.3, 0.4) is 0 Å². The van der Waals surface area contributed by atoms with Crippen molar-refractivity contribution in [3.63, 3.8) is 0 Å². The number of hydrogen-bond donors (Lipinski definition) is 1. The maximum Gasteiger partial charge on any atom is 0.179 e. The molecule has 0 aliphatic carbocycles. The SMILES string of the molecule is CSc1nnc(Sc2ccc([C@@H](C)O)cc2Br)s1. The molecule has 3 nitrogen and oxygen atoms in total. The molecule has 0 saturated carbocycles. The van der Waals surface area contributed by atoms with E-state index in [0.29, 0.717) is 0 Å². The molecule has 2 aromatic rings. The molecule has 96 valence electrons. The lowest BCUT2D eigenvalue weighted by Crippen LogP contribution is -1.90. The largest absolute Gasteiger partial charge is 0.389 e. The average Bonchev–Trinajstić information content (AvgIpc) is 2.79. The van der Waals surface area contributed by atoms with E-state index in [0.717, 1.165) is 23.6 Å². The van der Waals surface area contributed by atoms with Crippen LogP contribution in [0.15, 0.2) is 36.2 Å². The van der Waals surface area contributed by atoms with E-state index in [1.165, 1.54) is 0 Å². The quantitative estimate of drug-likeness (QED) is 0.824. The summed E-state index contributed by atoms with van der Waals surface area (Å²) in [5, 5.41) is 17.7. The van der Waals surface area contributed by atoms with Gasteiger partial charge in [0.2, 0.25) is 0 Å². The predicted molar refractivity (Wildman–Crippen MR) is 80.6 cm³/mol. The Morgan fingerprint density at radius 3 is 2.61 bits per heavy atom. The van der Waals surface area contributed by atoms with E-state index in [1.807, 2.05) is 24.5 Å². The topological polar surface area (TPSA) is 46.0 Å². The van der Waals surface area contributed by atoms with Gasteiger partial charge >= 0.3 is 0 Å². The van der Waals surface area contributed by atoms with Crippen molar-refractivity contribution in [3.8, 4) is 0 Å². The molecule has 1 N–H and O–H groups in total. The highest BCUT2D eigenvalue weighted by molar-refractivity contribution is 9.10. The zero-order valence-electron chi connectivity index (χ0n) is 9.75. The van der Waals surface area contributed by atoms with Crippen molar-refractivity contribution in [1.29, 1.82) is 0 Å². The first-order chi connectivity index (χ1) is 8.60. The second kappa shape index (κ2) is 6.38. The molecular weight excluding hydrogens is 352 g/mol. The van der Waals surface area contributed by atoms with E-state index in [2.05, 4.69) is 26.1 Å². The summed E-state index contributed by atoms with van der Waals surface area (Å²) < 4.78 is 2.85. The highest BCUT2D eigenvalue weighted by Gasteiger charge is 2.10. The number of nitrogens with zero attached hydrogens (tertiary/aromatic N) is 2. The Kier molecular flexibility index (Phi) is 5.08. The van der Waals surface area contributed by atoms with Crippen LogP contribution in [-0.4, -0.2) is 21.6 Å². The number of hydrogen-bond acceptors (Lipinski definition) is 6. The molecule has 7 heteroatoms. The number of aliphatic hydroxyl groups excluding tert-OH is 1. The number of aliphatic hydroxyl groups is 1. The third kappa shape index (κ3) is 3.48. The van der Waals surface area contributed by atoms with Gasteiger partial charge in [-0.25, -0.2) is 0 Å². The first kappa shape index (κ1) is 14.3. The van der Waals surface area contributed by atoms with Gasteiger partial charge in [-0.2, -0.15) is 0 Å². The van der Waals surface area contributed by atoms with Crippen molar-refractivity contribution in [2.45, 2.75) is 26.6 Å². The summed E-state index contributed by atoms with van der Waals surface area (Å²) in [4.78, 5) is 1.07. The smallest absolute Gasteiger partial charge is 0.179 e. The van der Waals surface area contributed by atoms with E-state index >= 15 is 0 Å². The Morgan fingerprint density at radius 1 is 1.33 bits per heavy atom. The van der Waals surface area contributed by atoms with E-state index in [9.17, 15) is 5.11 Å². The third-order valence-electron chi connectivity index (χ3n) is 2.20. The summed E-state index contributed by atoms with van der Waals surface area (Å²) in [6.45, 7) is 1.75. The summed E-state index contributed by atoms with van der Waals surface area (Å²) in [7, 11) is 0. The van der Waals surface area contributed by atoms with Gasteiger partial charge in [0.25, 0.3) is 0 Å². The monoisotopic (exact) mass is 362 g/mol. The van der Waals surface area contributed by atoms with Crippen LogP contribution >= 0.6 is 50.8 Å². The predicted octanol–water partition coefficient (Wildman–Crippen LogP) is 4.23. The third-order valence-corrected chi connectivity index (χ3v) is 6.14. The standard InChI is InChI=1S/C11H11BrN2OS3/c1-6(15)7-3-4-9(8(12)5-7)17-11-14-13-10(16-2)18-11/h3-6,15H,1-2H3/t6-/m1/s1. The van der Waals surface area contributed by atoms with Gasteiger partial charge in [-0.3, -0.25) is 0 Å². The zero-order valence-corrected chi connectivity index (χ0v) is 13.8. The van der Waals surface area contributed by atoms with Gasteiger partial charge < -0.3 is 5.11 Å². The maximum absolute atomic E-state index is 9.51. The van der Waals surface area contributed by atoms with Gasteiger partial charge in [0.15, 0.2) is 8.68 Å². The van der Waals surface area contributed by atoms with E-state index < -0.39 is 6.10 Å². The molecule has 0 aliphatic rings. The van der Waals surface area contributed by atoms with Crippen LogP contribution in [0.4, 0.5) is 0 Å². The number of halogens is 1. The summed E-state index contributed by atoms with van der Waals surface area (Å²) in [6.07, 6.45) is 1.53. The Bertz CT molecular complexity index is 545. The molecule has 1 heterocycles. The lowest BCUT2D eigenvalue weighted by Gasteiger charge is -2.07. The van der Waals surface area contributed by atoms with Gasteiger partial charge in [-0.05, 0) is 46.8 Å². The van der Waals surface area contributed by atoms with Crippen LogP contribution in [0.1, 0.15) is 18.6 Å². The second-order valence-corrected chi connectivity index (χ2v) is 7.68. The molecule has 0 bridgehead atoms. The van der Waals surface area contributed by atoms with Gasteiger partial charge in [-0.1, -0.05) is 40.9 Å². The van der Waals surface area contributed by atoms with Gasteiger partial charge in [0.1, 0.15) is 0 Å². The van der Waals surface area contributed by atoms with Crippen molar-refractivity contribution in [2.75, 3.05) is 6.26 Å². The van der Waals surface area contributed by atoms with Crippen molar-refractivity contribution in [2.24, 2.45) is 0 Å². The normalized spacial score (nSPS) is 12.7. The van der Waals surface area contributed by atoms with Gasteiger partial charge in [0.05, 0.1) is 6.10 Å². The molecule has 0 unspecified atom stereocenters. The van der Waals surface area contributed by atoms with Crippen molar-refractivity contribution in [1.82, 2.24) is 10.2 Å².